The Kier molecular flexibility index (Phi) is 37.5. The van der Waals surface area contributed by atoms with Crippen molar-refractivity contribution in [2.45, 2.75) is 19.8 Å². The largest absolute Gasteiger partial charge is 0.449 e. The molecule has 0 heterocycles. The van der Waals surface area contributed by atoms with Crippen molar-refractivity contribution < 1.29 is 57.0 Å². The van der Waals surface area contributed by atoms with Gasteiger partial charge < -0.3 is 58.0 Å². The molecule has 0 saturated heterocycles. The Hall–Kier alpha value is -0.920. The highest BCUT2D eigenvalue weighted by Crippen LogP contribution is 2.19. The average molecular weight is 677 g/mol. The molecule has 16 heteroatoms. The van der Waals surface area contributed by atoms with Gasteiger partial charge in [0.1, 0.15) is 6.61 Å². The molecule has 0 bridgehead atoms. The van der Waals surface area contributed by atoms with E-state index < -0.39 is 6.09 Å². The first-order valence-electron chi connectivity index (χ1n) is 15.3. The molecule has 0 spiro atoms. The summed E-state index contributed by atoms with van der Waals surface area (Å²) < 4.78 is 53.7. The van der Waals surface area contributed by atoms with Crippen LogP contribution in [0.15, 0.2) is 0 Å². The van der Waals surface area contributed by atoms with E-state index in [2.05, 4.69) is 17.6 Å². The van der Waals surface area contributed by atoms with Gasteiger partial charge in [-0.15, -0.1) is 0 Å². The summed E-state index contributed by atoms with van der Waals surface area (Å²) in [6.07, 6.45) is 0.897. The van der Waals surface area contributed by atoms with Gasteiger partial charge >= 0.3 is 6.09 Å². The molecule has 0 aromatic rings. The second-order valence-corrected chi connectivity index (χ2v) is 11.3. The number of amides is 2. The number of hydrogen-bond acceptors (Lipinski definition) is 14. The fourth-order valence-corrected chi connectivity index (χ4v) is 4.58. The van der Waals surface area contributed by atoms with E-state index in [0.717, 1.165) is 18.8 Å². The Morgan fingerprint density at radius 1 is 0.500 bits per heavy atom. The fraction of sp³-hybridized carbons (Fsp3) is 0.929. The highest BCUT2D eigenvalue weighted by molar-refractivity contribution is 8.76. The molecule has 2 N–H and O–H groups in total. The summed E-state index contributed by atoms with van der Waals surface area (Å²) in [5.74, 6) is 1.42. The molecule has 0 aliphatic heterocycles. The number of nitrogens with one attached hydrogen (secondary N) is 2. The molecule has 0 atom stereocenters. The van der Waals surface area contributed by atoms with E-state index >= 15 is 0 Å². The zero-order valence-corrected chi connectivity index (χ0v) is 28.3. The third-order valence-electron chi connectivity index (χ3n) is 4.99. The molecule has 0 aliphatic rings. The Morgan fingerprint density at radius 3 is 1.25 bits per heavy atom. The van der Waals surface area contributed by atoms with E-state index in [1.807, 2.05) is 0 Å². The number of hydrogen-bond donors (Lipinski definition) is 2. The third-order valence-corrected chi connectivity index (χ3v) is 7.36. The Bertz CT molecular complexity index is 615. The predicted octanol–water partition coefficient (Wildman–Crippen LogP) is 1.79. The van der Waals surface area contributed by atoms with Crippen molar-refractivity contribution >= 4 is 33.6 Å². The summed E-state index contributed by atoms with van der Waals surface area (Å²) in [5, 5.41) is 5.23. The summed E-state index contributed by atoms with van der Waals surface area (Å²) in [6.45, 7) is 12.3. The lowest BCUT2D eigenvalue weighted by atomic mass is 10.4. The lowest BCUT2D eigenvalue weighted by Crippen LogP contribution is -2.26. The van der Waals surface area contributed by atoms with Gasteiger partial charge in [-0.3, -0.25) is 4.79 Å². The Labute approximate surface area is 271 Å². The molecule has 44 heavy (non-hydrogen) atoms. The molecule has 0 aliphatic carbocycles. The second-order valence-electron chi connectivity index (χ2n) is 8.64. The Balaban J connectivity index is 3.13. The van der Waals surface area contributed by atoms with Crippen LogP contribution in [0.4, 0.5) is 4.79 Å². The van der Waals surface area contributed by atoms with Gasteiger partial charge in [0, 0.05) is 38.1 Å². The number of carbonyl (C=O) groups excluding carboxylic acids is 2. The molecule has 0 aromatic carbocycles. The van der Waals surface area contributed by atoms with Gasteiger partial charge in [0.15, 0.2) is 0 Å². The summed E-state index contributed by atoms with van der Waals surface area (Å²) in [6, 6.07) is 0. The second kappa shape index (κ2) is 38.3. The summed E-state index contributed by atoms with van der Waals surface area (Å²) in [4.78, 5) is 22.7. The van der Waals surface area contributed by atoms with Crippen LogP contribution in [0, 0.1) is 0 Å². The molecule has 2 amide bonds. The Morgan fingerprint density at radius 2 is 0.864 bits per heavy atom. The first kappa shape index (κ1) is 43.1. The topological polar surface area (TPSA) is 151 Å². The highest BCUT2D eigenvalue weighted by atomic mass is 33.1. The van der Waals surface area contributed by atoms with Gasteiger partial charge in [-0.2, -0.15) is 0 Å². The van der Waals surface area contributed by atoms with Crippen LogP contribution in [0.3, 0.4) is 0 Å². The number of carbonyl (C=O) groups is 2. The van der Waals surface area contributed by atoms with Gasteiger partial charge in [-0.25, -0.2) is 4.79 Å². The van der Waals surface area contributed by atoms with E-state index in [-0.39, 0.29) is 5.91 Å². The summed E-state index contributed by atoms with van der Waals surface area (Å²) in [5.41, 5.74) is 0. The van der Waals surface area contributed by atoms with E-state index in [1.54, 1.807) is 21.6 Å². The number of rotatable bonds is 36. The van der Waals surface area contributed by atoms with Gasteiger partial charge in [0.05, 0.1) is 112 Å². The fourth-order valence-electron chi connectivity index (χ4n) is 2.85. The van der Waals surface area contributed by atoms with E-state index in [4.69, 9.17) is 47.4 Å². The quantitative estimate of drug-likeness (QED) is 0.0733. The van der Waals surface area contributed by atoms with Crippen LogP contribution >= 0.6 is 21.6 Å². The minimum absolute atomic E-state index is 0.0465. The van der Waals surface area contributed by atoms with Gasteiger partial charge in [-0.1, -0.05) is 28.5 Å². The van der Waals surface area contributed by atoms with Gasteiger partial charge in [0.25, 0.3) is 0 Å². The van der Waals surface area contributed by atoms with Crippen molar-refractivity contribution in [1.82, 2.24) is 10.6 Å². The maximum Gasteiger partial charge on any atom is 0.406 e. The molecule has 0 rings (SSSR count). The van der Waals surface area contributed by atoms with E-state index in [9.17, 15) is 9.59 Å². The molecule has 0 aromatic heterocycles. The van der Waals surface area contributed by atoms with Crippen molar-refractivity contribution in [3.05, 3.63) is 0 Å². The third kappa shape index (κ3) is 37.3. The van der Waals surface area contributed by atoms with E-state index in [0.29, 0.717) is 138 Å². The van der Waals surface area contributed by atoms with Crippen molar-refractivity contribution in [1.29, 1.82) is 0 Å². The molecule has 0 saturated carbocycles. The number of ether oxygens (including phenoxy) is 10. The SMILES string of the molecule is CCCOCCOCCOCCOCCOCCOCCOCCOCCOCCC(=O)NCCSSCCOC(=O)NC. The molecular weight excluding hydrogens is 620 g/mol. The zero-order valence-electron chi connectivity index (χ0n) is 26.7. The van der Waals surface area contributed by atoms with Crippen LogP contribution in [0.25, 0.3) is 0 Å². The lowest BCUT2D eigenvalue weighted by Gasteiger charge is -2.09. The van der Waals surface area contributed by atoms with Crippen LogP contribution in [0.2, 0.25) is 0 Å². The normalized spacial score (nSPS) is 11.1. The van der Waals surface area contributed by atoms with Crippen molar-refractivity contribution in [2.24, 2.45) is 0 Å². The van der Waals surface area contributed by atoms with Crippen LogP contribution in [-0.2, 0) is 52.2 Å². The minimum Gasteiger partial charge on any atom is -0.449 e. The zero-order chi connectivity index (χ0) is 32.0. The van der Waals surface area contributed by atoms with Crippen LogP contribution < -0.4 is 10.6 Å². The van der Waals surface area contributed by atoms with Crippen molar-refractivity contribution in [3.8, 4) is 0 Å². The number of alkyl carbamates (subject to hydrolysis) is 1. The lowest BCUT2D eigenvalue weighted by molar-refractivity contribution is -0.122. The molecule has 14 nitrogen and oxygen atoms in total. The molecule has 262 valence electrons. The van der Waals surface area contributed by atoms with Gasteiger partial charge in [0.2, 0.25) is 5.91 Å². The average Bonchev–Trinajstić information content (AvgIpc) is 3.03. The van der Waals surface area contributed by atoms with Gasteiger partial charge in [-0.05, 0) is 6.42 Å². The summed E-state index contributed by atoms with van der Waals surface area (Å²) in [7, 11) is 4.73. The first-order chi connectivity index (χ1) is 21.7. The van der Waals surface area contributed by atoms with Crippen LogP contribution in [0.1, 0.15) is 19.8 Å². The predicted molar refractivity (Wildman–Crippen MR) is 171 cm³/mol. The minimum atomic E-state index is -0.430. The first-order valence-corrected chi connectivity index (χ1v) is 17.7. The molecular formula is C28H56N2O12S2. The molecule has 0 fully saturated rings. The standard InChI is InChI=1S/C28H56N2O12S2/c1-3-6-33-8-10-35-12-14-37-16-18-39-20-22-41-23-21-40-19-17-38-15-13-36-11-9-34-7-4-27(31)30-5-25-43-44-26-24-42-28(32)29-2/h3-26H2,1-2H3,(H,29,32)(H,30,31). The monoisotopic (exact) mass is 676 g/mol. The van der Waals surface area contributed by atoms with Crippen LogP contribution in [-0.4, -0.2) is 163 Å². The van der Waals surface area contributed by atoms with E-state index in [1.165, 1.54) is 7.05 Å². The maximum atomic E-state index is 11.8. The smallest absolute Gasteiger partial charge is 0.406 e. The van der Waals surface area contributed by atoms with Crippen molar-refractivity contribution in [3.63, 3.8) is 0 Å². The molecule has 0 radical (unpaired) electrons. The summed E-state index contributed by atoms with van der Waals surface area (Å²) >= 11 is 0. The highest BCUT2D eigenvalue weighted by Gasteiger charge is 2.02. The van der Waals surface area contributed by atoms with Crippen LogP contribution in [0.5, 0.6) is 0 Å². The van der Waals surface area contributed by atoms with Crippen molar-refractivity contribution in [2.75, 3.05) is 151 Å². The molecule has 0 unspecified atom stereocenters. The maximum absolute atomic E-state index is 11.8.